The molecule has 0 bridgehead atoms. The van der Waals surface area contributed by atoms with Gasteiger partial charge in [0.05, 0.1) is 18.6 Å². The molecule has 5 nitrogen and oxygen atoms in total. The molecule has 1 aliphatic heterocycles. The molecule has 0 unspecified atom stereocenters. The molecule has 1 saturated heterocycles. The summed E-state index contributed by atoms with van der Waals surface area (Å²) in [5.74, 6) is 0.763. The van der Waals surface area contributed by atoms with E-state index in [1.807, 2.05) is 24.3 Å². The van der Waals surface area contributed by atoms with Gasteiger partial charge in [0.2, 0.25) is 0 Å². The molecule has 1 aromatic carbocycles. The molecule has 1 aliphatic rings. The first-order valence-electron chi connectivity index (χ1n) is 7.95. The third-order valence-corrected chi connectivity index (χ3v) is 4.07. The van der Waals surface area contributed by atoms with Crippen LogP contribution in [0.5, 0.6) is 5.75 Å². The SMILES string of the molecule is C=CCn1ccc2c(OCCN3CCOCC3)cccc2c1=O. The van der Waals surface area contributed by atoms with Crippen molar-refractivity contribution in [3.63, 3.8) is 0 Å². The van der Waals surface area contributed by atoms with E-state index in [1.165, 1.54) is 0 Å². The van der Waals surface area contributed by atoms with Gasteiger partial charge in [-0.15, -0.1) is 6.58 Å². The van der Waals surface area contributed by atoms with Gasteiger partial charge < -0.3 is 14.0 Å². The van der Waals surface area contributed by atoms with Crippen molar-refractivity contribution in [1.82, 2.24) is 9.47 Å². The molecule has 1 fully saturated rings. The summed E-state index contributed by atoms with van der Waals surface area (Å²) >= 11 is 0. The molecular weight excluding hydrogens is 292 g/mol. The van der Waals surface area contributed by atoms with Crippen LogP contribution in [0, 0.1) is 0 Å². The minimum absolute atomic E-state index is 0.0129. The van der Waals surface area contributed by atoms with Crippen LogP contribution in [0.25, 0.3) is 10.8 Å². The monoisotopic (exact) mass is 314 g/mol. The predicted molar refractivity (Wildman–Crippen MR) is 91.2 cm³/mol. The largest absolute Gasteiger partial charge is 0.492 e. The average Bonchev–Trinajstić information content (AvgIpc) is 2.59. The van der Waals surface area contributed by atoms with E-state index in [0.717, 1.165) is 44.0 Å². The Morgan fingerprint density at radius 3 is 2.83 bits per heavy atom. The lowest BCUT2D eigenvalue weighted by atomic mass is 10.1. The molecule has 5 heteroatoms. The summed E-state index contributed by atoms with van der Waals surface area (Å²) in [6.45, 7) is 9.14. The van der Waals surface area contributed by atoms with Gasteiger partial charge in [0.15, 0.2) is 0 Å². The Hall–Kier alpha value is -2.11. The van der Waals surface area contributed by atoms with Gasteiger partial charge in [0, 0.05) is 37.8 Å². The summed E-state index contributed by atoms with van der Waals surface area (Å²) < 4.78 is 12.9. The highest BCUT2D eigenvalue weighted by Gasteiger charge is 2.11. The number of aromatic nitrogens is 1. The van der Waals surface area contributed by atoms with Crippen LogP contribution in [-0.2, 0) is 11.3 Å². The molecule has 2 heterocycles. The second-order valence-corrected chi connectivity index (χ2v) is 5.58. The van der Waals surface area contributed by atoms with Crippen LogP contribution in [-0.4, -0.2) is 48.9 Å². The van der Waals surface area contributed by atoms with Crippen LogP contribution in [0.3, 0.4) is 0 Å². The first-order valence-corrected chi connectivity index (χ1v) is 7.95. The second kappa shape index (κ2) is 7.44. The maximum Gasteiger partial charge on any atom is 0.258 e. The number of ether oxygens (including phenoxy) is 2. The molecule has 0 N–H and O–H groups in total. The van der Waals surface area contributed by atoms with Crippen molar-refractivity contribution in [2.24, 2.45) is 0 Å². The fourth-order valence-corrected chi connectivity index (χ4v) is 2.81. The van der Waals surface area contributed by atoms with Crippen LogP contribution in [0.15, 0.2) is 47.9 Å². The lowest BCUT2D eigenvalue weighted by Crippen LogP contribution is -2.38. The Bertz CT molecular complexity index is 733. The summed E-state index contributed by atoms with van der Waals surface area (Å²) in [6.07, 6.45) is 3.51. The number of hydrogen-bond donors (Lipinski definition) is 0. The van der Waals surface area contributed by atoms with Gasteiger partial charge in [-0.2, -0.15) is 0 Å². The minimum Gasteiger partial charge on any atom is -0.492 e. The van der Waals surface area contributed by atoms with Gasteiger partial charge in [0.25, 0.3) is 5.56 Å². The van der Waals surface area contributed by atoms with E-state index in [1.54, 1.807) is 16.8 Å². The molecular formula is C18H22N2O3. The number of allylic oxidation sites excluding steroid dienone is 1. The van der Waals surface area contributed by atoms with Crippen molar-refractivity contribution in [3.05, 3.63) is 53.5 Å². The zero-order valence-electron chi connectivity index (χ0n) is 13.2. The fourth-order valence-electron chi connectivity index (χ4n) is 2.81. The maximum absolute atomic E-state index is 12.4. The van der Waals surface area contributed by atoms with Crippen LogP contribution in [0.4, 0.5) is 0 Å². The highest BCUT2D eigenvalue weighted by atomic mass is 16.5. The van der Waals surface area contributed by atoms with E-state index >= 15 is 0 Å². The smallest absolute Gasteiger partial charge is 0.258 e. The van der Waals surface area contributed by atoms with Crippen molar-refractivity contribution in [3.8, 4) is 5.75 Å². The Labute approximate surface area is 135 Å². The number of rotatable bonds is 6. The topological polar surface area (TPSA) is 43.7 Å². The Balaban J connectivity index is 1.74. The minimum atomic E-state index is -0.0129. The lowest BCUT2D eigenvalue weighted by molar-refractivity contribution is 0.0323. The van der Waals surface area contributed by atoms with Crippen molar-refractivity contribution in [2.45, 2.75) is 6.54 Å². The predicted octanol–water partition coefficient (Wildman–Crippen LogP) is 1.90. The Morgan fingerprint density at radius 1 is 1.22 bits per heavy atom. The number of hydrogen-bond acceptors (Lipinski definition) is 4. The van der Waals surface area contributed by atoms with E-state index in [9.17, 15) is 4.79 Å². The number of fused-ring (bicyclic) bond motifs is 1. The molecule has 122 valence electrons. The van der Waals surface area contributed by atoms with Gasteiger partial charge >= 0.3 is 0 Å². The van der Waals surface area contributed by atoms with Gasteiger partial charge in [-0.05, 0) is 18.2 Å². The number of morpholine rings is 1. The van der Waals surface area contributed by atoms with Crippen LogP contribution >= 0.6 is 0 Å². The number of benzene rings is 1. The normalized spacial score (nSPS) is 15.7. The van der Waals surface area contributed by atoms with Crippen LogP contribution in [0.2, 0.25) is 0 Å². The first kappa shape index (κ1) is 15.8. The van der Waals surface area contributed by atoms with E-state index in [4.69, 9.17) is 9.47 Å². The van der Waals surface area contributed by atoms with Gasteiger partial charge in [-0.1, -0.05) is 12.1 Å². The summed E-state index contributed by atoms with van der Waals surface area (Å²) in [5, 5.41) is 1.54. The average molecular weight is 314 g/mol. The molecule has 0 amide bonds. The third kappa shape index (κ3) is 3.63. The number of nitrogens with zero attached hydrogens (tertiary/aromatic N) is 2. The Morgan fingerprint density at radius 2 is 2.04 bits per heavy atom. The maximum atomic E-state index is 12.4. The van der Waals surface area contributed by atoms with Crippen molar-refractivity contribution in [1.29, 1.82) is 0 Å². The molecule has 1 aromatic heterocycles. The van der Waals surface area contributed by atoms with Crippen molar-refractivity contribution in [2.75, 3.05) is 39.5 Å². The standard InChI is InChI=1S/C18H22N2O3/c1-2-7-20-8-6-15-16(18(20)21)4-3-5-17(15)23-14-11-19-9-12-22-13-10-19/h2-6,8H,1,7,9-14H2. The zero-order chi connectivity index (χ0) is 16.1. The van der Waals surface area contributed by atoms with Crippen LogP contribution < -0.4 is 10.3 Å². The van der Waals surface area contributed by atoms with E-state index in [-0.39, 0.29) is 5.56 Å². The van der Waals surface area contributed by atoms with Crippen LogP contribution in [0.1, 0.15) is 0 Å². The molecule has 23 heavy (non-hydrogen) atoms. The molecule has 2 aromatic rings. The van der Waals surface area contributed by atoms with E-state index in [0.29, 0.717) is 18.5 Å². The van der Waals surface area contributed by atoms with Gasteiger partial charge in [-0.25, -0.2) is 0 Å². The summed E-state index contributed by atoms with van der Waals surface area (Å²) in [5.41, 5.74) is -0.0129. The molecule has 3 rings (SSSR count). The molecule has 0 radical (unpaired) electrons. The van der Waals surface area contributed by atoms with E-state index < -0.39 is 0 Å². The van der Waals surface area contributed by atoms with E-state index in [2.05, 4.69) is 11.5 Å². The molecule has 0 aliphatic carbocycles. The number of pyridine rings is 1. The second-order valence-electron chi connectivity index (χ2n) is 5.58. The first-order chi connectivity index (χ1) is 11.3. The Kier molecular flexibility index (Phi) is 5.10. The lowest BCUT2D eigenvalue weighted by Gasteiger charge is -2.26. The third-order valence-electron chi connectivity index (χ3n) is 4.07. The zero-order valence-corrected chi connectivity index (χ0v) is 13.2. The van der Waals surface area contributed by atoms with Gasteiger partial charge in [0.1, 0.15) is 12.4 Å². The van der Waals surface area contributed by atoms with Gasteiger partial charge in [-0.3, -0.25) is 9.69 Å². The highest BCUT2D eigenvalue weighted by Crippen LogP contribution is 2.23. The summed E-state index contributed by atoms with van der Waals surface area (Å²) in [7, 11) is 0. The molecule has 0 atom stereocenters. The molecule has 0 spiro atoms. The summed E-state index contributed by atoms with van der Waals surface area (Å²) in [4.78, 5) is 14.8. The molecule has 0 saturated carbocycles. The fraction of sp³-hybridized carbons (Fsp3) is 0.389. The highest BCUT2D eigenvalue weighted by molar-refractivity contribution is 5.87. The van der Waals surface area contributed by atoms with Crippen molar-refractivity contribution >= 4 is 10.8 Å². The summed E-state index contributed by atoms with van der Waals surface area (Å²) in [6, 6.07) is 7.56. The quantitative estimate of drug-likeness (QED) is 0.764. The van der Waals surface area contributed by atoms with Crippen molar-refractivity contribution < 1.29 is 9.47 Å².